The Labute approximate surface area is 340 Å². The molecule has 0 saturated carbocycles. The van der Waals surface area contributed by atoms with Gasteiger partial charge in [0, 0.05) is 10.8 Å². The molecular weight excluding hydrogens is 717 g/mol. The second kappa shape index (κ2) is 18.4. The Morgan fingerprint density at radius 2 is 0.825 bits per heavy atom. The average molecular weight is 779 g/mol. The van der Waals surface area contributed by atoms with Crippen LogP contribution in [0.5, 0.6) is 11.5 Å². The Balaban J connectivity index is 1.05. The molecule has 3 aliphatic rings. The SMILES string of the molecule is CCC1(COCCOCCOc2c(C)cc(C3(c4cc(C)c(OCCOCCOCC5(CC)COC5)c(C)c4)c4ccccc4-c4ccccc43)cc2C)COC1. The third-order valence-corrected chi connectivity index (χ3v) is 12.4. The van der Waals surface area contributed by atoms with Gasteiger partial charge in [-0.1, -0.05) is 86.6 Å². The Bertz CT molecular complexity index is 1760. The maximum atomic E-state index is 6.40. The fourth-order valence-electron chi connectivity index (χ4n) is 8.80. The van der Waals surface area contributed by atoms with Crippen LogP contribution in [0.3, 0.4) is 0 Å². The number of hydrogen-bond donors (Lipinski definition) is 0. The monoisotopic (exact) mass is 778 g/mol. The number of aryl methyl sites for hydroxylation is 4. The first-order valence-corrected chi connectivity index (χ1v) is 20.9. The highest BCUT2D eigenvalue weighted by Crippen LogP contribution is 2.57. The molecule has 8 nitrogen and oxygen atoms in total. The molecule has 8 heteroatoms. The zero-order valence-electron chi connectivity index (χ0n) is 35.0. The van der Waals surface area contributed by atoms with Gasteiger partial charge in [-0.2, -0.15) is 0 Å². The van der Waals surface area contributed by atoms with Crippen molar-refractivity contribution < 1.29 is 37.9 Å². The van der Waals surface area contributed by atoms with Crippen molar-refractivity contribution in [3.63, 3.8) is 0 Å². The van der Waals surface area contributed by atoms with Gasteiger partial charge in [0.1, 0.15) is 24.7 Å². The normalized spacial score (nSPS) is 17.0. The average Bonchev–Trinajstić information content (AvgIpc) is 3.48. The van der Waals surface area contributed by atoms with Crippen molar-refractivity contribution in [2.75, 3.05) is 92.5 Å². The van der Waals surface area contributed by atoms with Gasteiger partial charge in [-0.25, -0.2) is 0 Å². The highest BCUT2D eigenvalue weighted by atomic mass is 16.6. The molecule has 0 bridgehead atoms. The second-order valence-corrected chi connectivity index (χ2v) is 16.4. The smallest absolute Gasteiger partial charge is 0.125 e. The Morgan fingerprint density at radius 1 is 0.474 bits per heavy atom. The molecule has 0 radical (unpaired) electrons. The third-order valence-electron chi connectivity index (χ3n) is 12.4. The largest absolute Gasteiger partial charge is 0.491 e. The van der Waals surface area contributed by atoms with Gasteiger partial charge in [0.25, 0.3) is 0 Å². The van der Waals surface area contributed by atoms with Crippen molar-refractivity contribution in [3.8, 4) is 22.6 Å². The molecule has 2 aliphatic heterocycles. The van der Waals surface area contributed by atoms with Gasteiger partial charge < -0.3 is 37.9 Å². The fourth-order valence-corrected chi connectivity index (χ4v) is 8.80. The lowest BCUT2D eigenvalue weighted by Crippen LogP contribution is -2.45. The van der Waals surface area contributed by atoms with E-state index in [-0.39, 0.29) is 10.8 Å². The lowest BCUT2D eigenvalue weighted by Gasteiger charge is -2.40. The number of fused-ring (bicyclic) bond motifs is 3. The molecule has 306 valence electrons. The first-order valence-electron chi connectivity index (χ1n) is 20.9. The lowest BCUT2D eigenvalue weighted by atomic mass is 9.66. The molecule has 4 aromatic rings. The molecule has 57 heavy (non-hydrogen) atoms. The van der Waals surface area contributed by atoms with Crippen LogP contribution in [0, 0.1) is 38.5 Å². The van der Waals surface area contributed by atoms with Crippen molar-refractivity contribution in [1.29, 1.82) is 0 Å². The standard InChI is InChI=1S/C49H62O8/c1-7-47(31-54-32-47)29-52-19-17-50-21-23-56-45-35(3)25-39(26-36(45)4)49(43-15-11-9-13-41(43)42-14-10-12-16-44(42)49)40-27-37(5)46(38(6)28-40)57-24-22-51-18-20-53-30-48(8-2)33-55-34-48/h9-16,25-28H,7-8,17-24,29-34H2,1-6H3. The minimum Gasteiger partial charge on any atom is -0.491 e. The summed E-state index contributed by atoms with van der Waals surface area (Å²) in [7, 11) is 0. The zero-order valence-corrected chi connectivity index (χ0v) is 35.0. The van der Waals surface area contributed by atoms with Crippen molar-refractivity contribution >= 4 is 0 Å². The number of ether oxygens (including phenoxy) is 8. The maximum absolute atomic E-state index is 6.40. The molecule has 0 amide bonds. The lowest BCUT2D eigenvalue weighted by molar-refractivity contribution is -0.152. The van der Waals surface area contributed by atoms with Crippen LogP contribution < -0.4 is 9.47 Å². The van der Waals surface area contributed by atoms with Crippen LogP contribution >= 0.6 is 0 Å². The number of rotatable bonds is 22. The predicted molar refractivity (Wildman–Crippen MR) is 224 cm³/mol. The van der Waals surface area contributed by atoms with Crippen LogP contribution in [-0.4, -0.2) is 92.5 Å². The summed E-state index contributed by atoms with van der Waals surface area (Å²) in [6.07, 6.45) is 2.15. The van der Waals surface area contributed by atoms with Crippen LogP contribution in [0.25, 0.3) is 11.1 Å². The maximum Gasteiger partial charge on any atom is 0.125 e. The topological polar surface area (TPSA) is 73.8 Å². The van der Waals surface area contributed by atoms with E-state index in [0.29, 0.717) is 52.9 Å². The van der Waals surface area contributed by atoms with E-state index in [1.165, 1.54) is 33.4 Å². The molecule has 0 aromatic heterocycles. The van der Waals surface area contributed by atoms with Crippen LogP contribution in [0.15, 0.2) is 72.8 Å². The van der Waals surface area contributed by atoms with Gasteiger partial charge in [-0.3, -0.25) is 0 Å². The predicted octanol–water partition coefficient (Wildman–Crippen LogP) is 8.96. The summed E-state index contributed by atoms with van der Waals surface area (Å²) in [5.41, 5.74) is 11.8. The summed E-state index contributed by atoms with van der Waals surface area (Å²) in [4.78, 5) is 0. The van der Waals surface area contributed by atoms with Gasteiger partial charge in [0.2, 0.25) is 0 Å². The molecule has 2 fully saturated rings. The van der Waals surface area contributed by atoms with Gasteiger partial charge in [0.15, 0.2) is 0 Å². The summed E-state index contributed by atoms with van der Waals surface area (Å²) >= 11 is 0. The number of hydrogen-bond acceptors (Lipinski definition) is 8. The Morgan fingerprint density at radius 3 is 1.18 bits per heavy atom. The van der Waals surface area contributed by atoms with E-state index in [1.807, 2.05) is 0 Å². The Hall–Kier alpha value is -3.76. The van der Waals surface area contributed by atoms with Gasteiger partial charge in [-0.15, -0.1) is 0 Å². The van der Waals surface area contributed by atoms with Crippen LogP contribution in [0.1, 0.15) is 71.2 Å². The molecule has 4 aromatic carbocycles. The molecule has 2 saturated heterocycles. The molecule has 7 rings (SSSR count). The van der Waals surface area contributed by atoms with Crippen LogP contribution in [0.4, 0.5) is 0 Å². The second-order valence-electron chi connectivity index (χ2n) is 16.4. The highest BCUT2D eigenvalue weighted by Gasteiger charge is 2.47. The van der Waals surface area contributed by atoms with Crippen molar-refractivity contribution in [3.05, 3.63) is 117 Å². The van der Waals surface area contributed by atoms with E-state index in [2.05, 4.69) is 114 Å². The molecule has 0 N–H and O–H groups in total. The minimum absolute atomic E-state index is 0.192. The van der Waals surface area contributed by atoms with Crippen molar-refractivity contribution in [2.45, 2.75) is 59.8 Å². The van der Waals surface area contributed by atoms with Crippen LogP contribution in [0.2, 0.25) is 0 Å². The first kappa shape index (κ1) is 41.4. The summed E-state index contributed by atoms with van der Waals surface area (Å²) < 4.78 is 47.2. The summed E-state index contributed by atoms with van der Waals surface area (Å²) in [5, 5.41) is 0. The summed E-state index contributed by atoms with van der Waals surface area (Å²) in [6, 6.07) is 27.0. The van der Waals surface area contributed by atoms with Crippen molar-refractivity contribution in [2.24, 2.45) is 10.8 Å². The zero-order chi connectivity index (χ0) is 39.9. The molecule has 0 unspecified atom stereocenters. The molecular formula is C49H62O8. The van der Waals surface area contributed by atoms with Gasteiger partial charge in [-0.05, 0) is 96.2 Å². The molecule has 0 atom stereocenters. The molecule has 2 heterocycles. The van der Waals surface area contributed by atoms with E-state index in [0.717, 1.165) is 86.2 Å². The van der Waals surface area contributed by atoms with Gasteiger partial charge >= 0.3 is 0 Å². The van der Waals surface area contributed by atoms with E-state index in [9.17, 15) is 0 Å². The molecule has 0 spiro atoms. The van der Waals surface area contributed by atoms with E-state index in [4.69, 9.17) is 37.9 Å². The van der Waals surface area contributed by atoms with Crippen LogP contribution in [-0.2, 0) is 33.8 Å². The van der Waals surface area contributed by atoms with Gasteiger partial charge in [0.05, 0.1) is 84.7 Å². The molecule has 1 aliphatic carbocycles. The Kier molecular flexibility index (Phi) is 13.4. The highest BCUT2D eigenvalue weighted by molar-refractivity contribution is 5.86. The minimum atomic E-state index is -0.536. The van der Waals surface area contributed by atoms with E-state index >= 15 is 0 Å². The summed E-state index contributed by atoms with van der Waals surface area (Å²) in [5.74, 6) is 1.82. The van der Waals surface area contributed by atoms with E-state index in [1.54, 1.807) is 0 Å². The number of benzene rings is 4. The third kappa shape index (κ3) is 8.54. The van der Waals surface area contributed by atoms with E-state index < -0.39 is 5.41 Å². The van der Waals surface area contributed by atoms with Crippen molar-refractivity contribution in [1.82, 2.24) is 0 Å². The first-order chi connectivity index (χ1) is 27.8. The summed E-state index contributed by atoms with van der Waals surface area (Å²) in [6.45, 7) is 21.8. The fraction of sp³-hybridized carbons (Fsp3) is 0.510. The quantitative estimate of drug-likeness (QED) is 0.0646.